The Morgan fingerprint density at radius 3 is 2.04 bits per heavy atom. The lowest BCUT2D eigenvalue weighted by Crippen LogP contribution is -2.68. The van der Waals surface area contributed by atoms with E-state index in [1.54, 1.807) is 34.6 Å². The Morgan fingerprint density at radius 2 is 1.36 bits per heavy atom. The molecule has 41 heteroatoms. The summed E-state index contributed by atoms with van der Waals surface area (Å²) in [5, 5.41) is 104. The summed E-state index contributed by atoms with van der Waals surface area (Å²) < 4.78 is 160. The van der Waals surface area contributed by atoms with E-state index in [1.165, 1.54) is 69.3 Å². The fourth-order valence-electron chi connectivity index (χ4n) is 17.0. The van der Waals surface area contributed by atoms with Gasteiger partial charge in [0.05, 0.1) is 81.4 Å². The van der Waals surface area contributed by atoms with E-state index < -0.39 is 248 Å². The van der Waals surface area contributed by atoms with Gasteiger partial charge in [-0.1, -0.05) is 23.2 Å². The molecule has 11 fully saturated rings. The maximum Gasteiger partial charge on any atom is 0.342 e. The highest BCUT2D eigenvalue weighted by Gasteiger charge is 2.70. The standard InChI is InChI=1S/C70H97Cl2NO38/c1-24-15-31(74)16-32(75)40(24)61(82)100-36-22-94-70(60-53(36)92-23-93-60)108-37-21-91-63(46(79)52(37)109-70)106-65-56(89-13)45(78)51(35(101-65)20-86-10)104-64-47(80)55(50(87-11)27(4)97-64)105-66-57(81)68(9)59(30(7)98-66)110-69(111-68)18-33(76)48(28(5)107-69)102-38-17-34(99-39-19-67(8,73(84)85)58(90-14)29(6)96-39)49(26(3)95-38)103-62(83)41-25(2)42(71)44(77)43(72)54(41)88-12/h15-16,26-30,33-39,45-53,55-60,63-66,74-81H,17-23H2,1-14H3/t26-,27-,28-,29+,30-,33-,34-,35-,36-,37+,38+,39+,45+,46-,47-,48-,49-,50+,51-,52-,53?,55-,56+,57-,58+,59-,60?,63+,64+,65+,66+,67+,68-,69?,70?/m1/s1/i8+2,9+2,10+2,11+2,12+2,14+2,23+2. The molecule has 624 valence electrons. The third-order valence-electron chi connectivity index (χ3n) is 22.5. The van der Waals surface area contributed by atoms with Gasteiger partial charge < -0.3 is 164 Å². The zero-order chi connectivity index (χ0) is 80.2. The van der Waals surface area contributed by atoms with Gasteiger partial charge in [0.25, 0.3) is 11.5 Å². The van der Waals surface area contributed by atoms with Crippen LogP contribution in [0.15, 0.2) is 12.1 Å². The summed E-state index contributed by atoms with van der Waals surface area (Å²) in [6.07, 6.45) is -40.9. The lowest BCUT2D eigenvalue weighted by Gasteiger charge is -2.50. The molecule has 11 saturated heterocycles. The van der Waals surface area contributed by atoms with Crippen molar-refractivity contribution >= 4 is 35.1 Å². The Balaban J connectivity index is 0.644. The van der Waals surface area contributed by atoms with Crippen LogP contribution in [0.1, 0.15) is 99.6 Å². The minimum atomic E-state index is -2.06. The molecule has 39 nitrogen and oxygen atoms in total. The molecule has 2 aromatic rings. The SMILES string of the molecule is CO[C@@H]1[C@H](O[C@@H]2OC[C@@H]3OC4(OC[C@@H](OC(=O)c5c(C)cc(O)cc5O)C5O[14CH2]OC54)O[C@H]3[C@H]2O)O[C@H](CO[14CH3])[C@@H](O[C@@H]2O[C@H](C)[C@H](O[14CH3])[C@H](O[C@@H]3O[C@H](C)[C@H]4OC5(C[C@@H](O)[C@H](O[C@H]6C[C@@H](O[C@H]7C[C@]([14CH3])([N+](=O)[O-])[C@@H](O[14CH3])[C@H](C)O7)[C@H](OC(=O)c7c(C)c(Cl)c(O)c(Cl)c7O[14CH3])[C@@H](C)O6)[C@@H](C)O5)O[C@]4([14CH3])[C@@H]3O)[C@H]2O)[C@@H]1O. The van der Waals surface area contributed by atoms with Crippen molar-refractivity contribution in [2.45, 2.75) is 295 Å². The number of aryl methyl sites for hydroxylation is 1. The highest BCUT2D eigenvalue weighted by Crippen LogP contribution is 2.53. The summed E-state index contributed by atoms with van der Waals surface area (Å²) in [5.74, 6) is -7.54. The Morgan fingerprint density at radius 1 is 0.658 bits per heavy atom. The van der Waals surface area contributed by atoms with Gasteiger partial charge in [0.1, 0.15) is 132 Å². The Bertz CT molecular complexity index is 3630. The number of carbonyl (C=O) groups excluding carboxylic acids is 2. The van der Waals surface area contributed by atoms with Crippen molar-refractivity contribution in [2.24, 2.45) is 0 Å². The zero-order valence-corrected chi connectivity index (χ0v) is 64.5. The number of phenolic OH excluding ortho intramolecular Hbond substituents is 3. The van der Waals surface area contributed by atoms with Crippen LogP contribution in [0.4, 0.5) is 0 Å². The number of fused-ring (bicyclic) bond motifs is 4. The van der Waals surface area contributed by atoms with Gasteiger partial charge in [0.2, 0.25) is 0 Å². The largest absolute Gasteiger partial charge is 0.508 e. The van der Waals surface area contributed by atoms with Gasteiger partial charge in [-0.25, -0.2) is 9.59 Å². The predicted molar refractivity (Wildman–Crippen MR) is 363 cm³/mol. The fourth-order valence-corrected chi connectivity index (χ4v) is 17.5. The third kappa shape index (κ3) is 15.5. The van der Waals surface area contributed by atoms with Crippen molar-refractivity contribution in [1.29, 1.82) is 0 Å². The number of carbonyl (C=O) groups is 2. The molecule has 11 aliphatic heterocycles. The second kappa shape index (κ2) is 33.1. The summed E-state index contributed by atoms with van der Waals surface area (Å²) in [6.45, 7) is 12.7. The molecule has 0 aliphatic carbocycles. The molecule has 2 aromatic carbocycles. The minimum Gasteiger partial charge on any atom is -0.508 e. The Hall–Kier alpha value is -4.56. The van der Waals surface area contributed by atoms with E-state index in [1.807, 2.05) is 0 Å². The van der Waals surface area contributed by atoms with Crippen LogP contribution in [0.5, 0.6) is 23.0 Å². The number of nitrogens with zero attached hydrogens (tertiary/aromatic N) is 1. The number of hydrogen-bond donors (Lipinski definition) is 8. The van der Waals surface area contributed by atoms with Crippen molar-refractivity contribution in [1.82, 2.24) is 0 Å². The molecule has 0 saturated carbocycles. The van der Waals surface area contributed by atoms with Crippen LogP contribution in [0.2, 0.25) is 10.0 Å². The lowest BCUT2D eigenvalue weighted by atomic mass is 9.93. The number of benzene rings is 2. The second-order valence-corrected chi connectivity index (χ2v) is 30.6. The van der Waals surface area contributed by atoms with Crippen LogP contribution < -0.4 is 4.74 Å². The average Bonchev–Trinajstić information content (AvgIpc) is 1.57. The number of aromatic hydroxyl groups is 3. The molecule has 111 heavy (non-hydrogen) atoms. The number of aliphatic hydroxyl groups is 5. The van der Waals surface area contributed by atoms with Gasteiger partial charge in [-0.2, -0.15) is 0 Å². The first-order valence-corrected chi connectivity index (χ1v) is 37.1. The normalized spacial score (nSPS) is 45.6. The van der Waals surface area contributed by atoms with Gasteiger partial charge in [0.15, 0.2) is 73.7 Å². The van der Waals surface area contributed by atoms with Gasteiger partial charge in [-0.3, -0.25) is 10.1 Å². The van der Waals surface area contributed by atoms with Crippen molar-refractivity contribution < 1.29 is 179 Å². The third-order valence-corrected chi connectivity index (χ3v) is 23.3. The number of esters is 2. The van der Waals surface area contributed by atoms with E-state index in [-0.39, 0.29) is 83.3 Å². The van der Waals surface area contributed by atoms with Crippen molar-refractivity contribution in [2.75, 3.05) is 62.2 Å². The topological polar surface area (TPSA) is 479 Å². The monoisotopic (exact) mass is 1640 g/mol. The molecular weight excluding hydrogens is 1550 g/mol. The van der Waals surface area contributed by atoms with Gasteiger partial charge >= 0.3 is 17.9 Å². The Labute approximate surface area is 645 Å². The highest BCUT2D eigenvalue weighted by molar-refractivity contribution is 6.39. The van der Waals surface area contributed by atoms with E-state index in [2.05, 4.69) is 0 Å². The van der Waals surface area contributed by atoms with Crippen LogP contribution in [0, 0.1) is 24.0 Å². The molecule has 2 spiro atoms. The van der Waals surface area contributed by atoms with E-state index in [0.29, 0.717) is 0 Å². The number of aliphatic hydroxyl groups excluding tert-OH is 5. The maximum absolute atomic E-state index is 14.3. The first-order valence-electron chi connectivity index (χ1n) is 36.3. The molecule has 13 rings (SSSR count). The number of rotatable bonds is 21. The van der Waals surface area contributed by atoms with Crippen molar-refractivity contribution in [3.05, 3.63) is 54.5 Å². The molecule has 0 amide bonds. The fraction of sp³-hybridized carbons (Fsp3) is 0.800. The summed E-state index contributed by atoms with van der Waals surface area (Å²) in [6, 6.07) is 2.28. The van der Waals surface area contributed by atoms with Gasteiger partial charge in [-0.15, -0.1) is 0 Å². The highest BCUT2D eigenvalue weighted by atomic mass is 35.5. The van der Waals surface area contributed by atoms with Crippen LogP contribution in [-0.2, 0) is 118 Å². The minimum absolute atomic E-state index is 0.0700. The van der Waals surface area contributed by atoms with Crippen LogP contribution in [0.25, 0.3) is 0 Å². The van der Waals surface area contributed by atoms with E-state index in [9.17, 15) is 60.6 Å². The number of hydrogen-bond acceptors (Lipinski definition) is 38. The van der Waals surface area contributed by atoms with E-state index in [4.69, 9.17) is 146 Å². The molecule has 8 N–H and O–H groups in total. The molecule has 0 bridgehead atoms. The quantitative estimate of drug-likeness (QED) is 0.0495. The second-order valence-electron chi connectivity index (χ2n) is 29.9. The van der Waals surface area contributed by atoms with Crippen LogP contribution >= 0.6 is 23.2 Å². The molecular formula is C70H97Cl2NO38. The summed E-state index contributed by atoms with van der Waals surface area (Å²) in [4.78, 5) is 39.8. The van der Waals surface area contributed by atoms with Crippen molar-refractivity contribution in [3.63, 3.8) is 0 Å². The number of methoxy groups -OCH3 is 5. The molecule has 11 aliphatic rings. The van der Waals surface area contributed by atoms with Gasteiger partial charge in [-0.05, 0) is 72.6 Å². The molecule has 11 heterocycles. The average molecular weight is 1650 g/mol. The molecule has 0 radical (unpaired) electrons. The van der Waals surface area contributed by atoms with E-state index >= 15 is 0 Å². The van der Waals surface area contributed by atoms with E-state index in [0.717, 1.165) is 6.07 Å². The first-order chi connectivity index (χ1) is 52.6. The number of nitro groups is 1. The Kier molecular flexibility index (Phi) is 25.1. The summed E-state index contributed by atoms with van der Waals surface area (Å²) >= 11 is 12.8. The maximum atomic E-state index is 14.3. The smallest absolute Gasteiger partial charge is 0.342 e. The predicted octanol–water partition coefficient (Wildman–Crippen LogP) is 1.26. The molecule has 0 aromatic heterocycles. The lowest BCUT2D eigenvalue weighted by molar-refractivity contribution is -0.595. The zero-order valence-electron chi connectivity index (χ0n) is 63.0. The van der Waals surface area contributed by atoms with Crippen molar-refractivity contribution in [3.8, 4) is 23.0 Å². The number of phenols is 3. The summed E-state index contributed by atoms with van der Waals surface area (Å²) in [7, 11) is 6.53. The molecule has 4 unspecified atom stereocenters. The molecule has 35 atom stereocenters. The summed E-state index contributed by atoms with van der Waals surface area (Å²) in [5.41, 5.74) is -3.54. The van der Waals surface area contributed by atoms with Crippen LogP contribution in [0.3, 0.4) is 0 Å². The first kappa shape index (κ1) is 84.4. The van der Waals surface area contributed by atoms with Crippen LogP contribution in [-0.4, -0.2) is 333 Å². The number of halogens is 2. The van der Waals surface area contributed by atoms with Gasteiger partial charge in [0, 0.05) is 52.8 Å². The number of ether oxygens (including phenoxy) is 26.